The molecule has 0 radical (unpaired) electrons. The maximum atomic E-state index is 13.5. The fourth-order valence-corrected chi connectivity index (χ4v) is 2.84. The SMILES string of the molecule is CCNC(C)c1cnc(-c2ccc(Br)c(F)c2)s1. The zero-order valence-corrected chi connectivity index (χ0v) is 12.6. The molecular formula is C13H14BrFN2S. The van der Waals surface area contributed by atoms with Crippen LogP contribution in [0.15, 0.2) is 28.9 Å². The molecule has 5 heteroatoms. The number of nitrogens with one attached hydrogen (secondary N) is 1. The molecule has 0 spiro atoms. The van der Waals surface area contributed by atoms with Gasteiger partial charge in [-0.1, -0.05) is 13.0 Å². The highest BCUT2D eigenvalue weighted by molar-refractivity contribution is 9.10. The number of rotatable bonds is 4. The lowest BCUT2D eigenvalue weighted by Gasteiger charge is -2.08. The van der Waals surface area contributed by atoms with Crippen molar-refractivity contribution in [2.24, 2.45) is 0 Å². The molecular weight excluding hydrogens is 315 g/mol. The molecule has 0 fully saturated rings. The Morgan fingerprint density at radius 1 is 1.50 bits per heavy atom. The van der Waals surface area contributed by atoms with E-state index in [0.717, 1.165) is 22.0 Å². The van der Waals surface area contributed by atoms with Gasteiger partial charge in [0.1, 0.15) is 10.8 Å². The second kappa shape index (κ2) is 5.91. The van der Waals surface area contributed by atoms with E-state index < -0.39 is 0 Å². The first-order valence-electron chi connectivity index (χ1n) is 5.76. The predicted octanol–water partition coefficient (Wildman–Crippen LogP) is 4.38. The summed E-state index contributed by atoms with van der Waals surface area (Å²) in [5.41, 5.74) is 0.815. The third-order valence-electron chi connectivity index (χ3n) is 2.63. The molecule has 18 heavy (non-hydrogen) atoms. The van der Waals surface area contributed by atoms with Crippen LogP contribution in [0.4, 0.5) is 4.39 Å². The fraction of sp³-hybridized carbons (Fsp3) is 0.308. The van der Waals surface area contributed by atoms with Crippen molar-refractivity contribution >= 4 is 27.3 Å². The van der Waals surface area contributed by atoms with Crippen LogP contribution in [0.1, 0.15) is 24.8 Å². The van der Waals surface area contributed by atoms with Crippen molar-refractivity contribution in [1.82, 2.24) is 10.3 Å². The summed E-state index contributed by atoms with van der Waals surface area (Å²) in [5, 5.41) is 4.18. The maximum Gasteiger partial charge on any atom is 0.138 e. The van der Waals surface area contributed by atoms with Gasteiger partial charge in [0.25, 0.3) is 0 Å². The monoisotopic (exact) mass is 328 g/mol. The number of aromatic nitrogens is 1. The molecule has 2 aromatic rings. The van der Waals surface area contributed by atoms with Gasteiger partial charge < -0.3 is 5.32 Å². The minimum Gasteiger partial charge on any atom is -0.310 e. The first kappa shape index (κ1) is 13.6. The molecule has 0 aliphatic heterocycles. The molecule has 0 bridgehead atoms. The highest BCUT2D eigenvalue weighted by atomic mass is 79.9. The van der Waals surface area contributed by atoms with Gasteiger partial charge in [0.05, 0.1) is 4.47 Å². The molecule has 1 aromatic carbocycles. The highest BCUT2D eigenvalue weighted by Crippen LogP contribution is 2.30. The van der Waals surface area contributed by atoms with Crippen molar-refractivity contribution in [2.45, 2.75) is 19.9 Å². The lowest BCUT2D eigenvalue weighted by molar-refractivity contribution is 0.606. The van der Waals surface area contributed by atoms with E-state index in [9.17, 15) is 4.39 Å². The van der Waals surface area contributed by atoms with Gasteiger partial charge in [-0.2, -0.15) is 0 Å². The van der Waals surface area contributed by atoms with Gasteiger partial charge in [-0.3, -0.25) is 0 Å². The maximum absolute atomic E-state index is 13.5. The van der Waals surface area contributed by atoms with E-state index in [1.54, 1.807) is 17.4 Å². The topological polar surface area (TPSA) is 24.9 Å². The van der Waals surface area contributed by atoms with Gasteiger partial charge in [0, 0.05) is 22.7 Å². The summed E-state index contributed by atoms with van der Waals surface area (Å²) < 4.78 is 13.9. The number of halogens is 2. The van der Waals surface area contributed by atoms with Gasteiger partial charge in [-0.05, 0) is 41.5 Å². The van der Waals surface area contributed by atoms with Gasteiger partial charge in [-0.15, -0.1) is 11.3 Å². The lowest BCUT2D eigenvalue weighted by Crippen LogP contribution is -2.16. The Morgan fingerprint density at radius 2 is 2.28 bits per heavy atom. The molecule has 0 aliphatic rings. The molecule has 0 saturated heterocycles. The van der Waals surface area contributed by atoms with E-state index >= 15 is 0 Å². The number of hydrogen-bond acceptors (Lipinski definition) is 3. The van der Waals surface area contributed by atoms with E-state index in [0.29, 0.717) is 4.47 Å². The molecule has 1 atom stereocenters. The molecule has 2 rings (SSSR count). The van der Waals surface area contributed by atoms with Crippen LogP contribution in [0.3, 0.4) is 0 Å². The van der Waals surface area contributed by atoms with E-state index in [4.69, 9.17) is 0 Å². The highest BCUT2D eigenvalue weighted by Gasteiger charge is 2.11. The van der Waals surface area contributed by atoms with Gasteiger partial charge in [0.15, 0.2) is 0 Å². The van der Waals surface area contributed by atoms with Gasteiger partial charge in [-0.25, -0.2) is 9.37 Å². The van der Waals surface area contributed by atoms with E-state index in [1.165, 1.54) is 6.07 Å². The summed E-state index contributed by atoms with van der Waals surface area (Å²) in [6.07, 6.45) is 1.85. The molecule has 0 amide bonds. The third-order valence-corrected chi connectivity index (χ3v) is 4.50. The molecule has 2 nitrogen and oxygen atoms in total. The summed E-state index contributed by atoms with van der Waals surface area (Å²) in [6, 6.07) is 5.36. The largest absolute Gasteiger partial charge is 0.310 e. The molecule has 96 valence electrons. The zero-order chi connectivity index (χ0) is 13.1. The van der Waals surface area contributed by atoms with Crippen molar-refractivity contribution in [3.63, 3.8) is 0 Å². The van der Waals surface area contributed by atoms with E-state index in [-0.39, 0.29) is 11.9 Å². The second-order valence-corrected chi connectivity index (χ2v) is 5.89. The summed E-state index contributed by atoms with van der Waals surface area (Å²) in [4.78, 5) is 5.52. The average molecular weight is 329 g/mol. The van der Waals surface area contributed by atoms with Crippen LogP contribution < -0.4 is 5.32 Å². The second-order valence-electron chi connectivity index (χ2n) is 3.98. The van der Waals surface area contributed by atoms with E-state index in [2.05, 4.69) is 40.1 Å². The Labute approximate surface area is 118 Å². The average Bonchev–Trinajstić information content (AvgIpc) is 2.82. The van der Waals surface area contributed by atoms with Crippen molar-refractivity contribution in [1.29, 1.82) is 0 Å². The van der Waals surface area contributed by atoms with E-state index in [1.807, 2.05) is 12.3 Å². The molecule has 1 aromatic heterocycles. The first-order chi connectivity index (χ1) is 8.61. The molecule has 1 heterocycles. The van der Waals surface area contributed by atoms with Crippen LogP contribution in [-0.2, 0) is 0 Å². The van der Waals surface area contributed by atoms with Crippen LogP contribution in [-0.4, -0.2) is 11.5 Å². The summed E-state index contributed by atoms with van der Waals surface area (Å²) in [7, 11) is 0. The van der Waals surface area contributed by atoms with Crippen molar-refractivity contribution < 1.29 is 4.39 Å². The van der Waals surface area contributed by atoms with Crippen molar-refractivity contribution in [3.05, 3.63) is 39.6 Å². The number of nitrogens with zero attached hydrogens (tertiary/aromatic N) is 1. The van der Waals surface area contributed by atoms with Crippen LogP contribution in [0, 0.1) is 5.82 Å². The van der Waals surface area contributed by atoms with Crippen LogP contribution in [0.25, 0.3) is 10.6 Å². The number of hydrogen-bond donors (Lipinski definition) is 1. The van der Waals surface area contributed by atoms with Crippen LogP contribution >= 0.6 is 27.3 Å². The summed E-state index contributed by atoms with van der Waals surface area (Å²) in [5.74, 6) is -0.260. The minimum absolute atomic E-state index is 0.260. The van der Waals surface area contributed by atoms with Crippen molar-refractivity contribution in [3.8, 4) is 10.6 Å². The molecule has 1 unspecified atom stereocenters. The summed E-state index contributed by atoms with van der Waals surface area (Å²) >= 11 is 4.74. The van der Waals surface area contributed by atoms with Gasteiger partial charge >= 0.3 is 0 Å². The standard InChI is InChI=1S/C13H14BrFN2S/c1-3-16-8(2)12-7-17-13(18-12)9-4-5-10(14)11(15)6-9/h4-8,16H,3H2,1-2H3. The molecule has 1 N–H and O–H groups in total. The van der Waals surface area contributed by atoms with Crippen molar-refractivity contribution in [2.75, 3.05) is 6.54 Å². The Hall–Kier alpha value is -0.780. The lowest BCUT2D eigenvalue weighted by atomic mass is 10.2. The Balaban J connectivity index is 2.26. The Kier molecular flexibility index (Phi) is 4.48. The van der Waals surface area contributed by atoms with Crippen LogP contribution in [0.2, 0.25) is 0 Å². The molecule has 0 saturated carbocycles. The fourth-order valence-electron chi connectivity index (χ4n) is 1.66. The number of benzene rings is 1. The smallest absolute Gasteiger partial charge is 0.138 e. The Morgan fingerprint density at radius 3 is 2.94 bits per heavy atom. The third kappa shape index (κ3) is 2.96. The normalized spacial score (nSPS) is 12.7. The van der Waals surface area contributed by atoms with Crippen LogP contribution in [0.5, 0.6) is 0 Å². The van der Waals surface area contributed by atoms with Gasteiger partial charge in [0.2, 0.25) is 0 Å². The quantitative estimate of drug-likeness (QED) is 0.900. The number of thiazole rings is 1. The first-order valence-corrected chi connectivity index (χ1v) is 7.37. The predicted molar refractivity (Wildman–Crippen MR) is 77.3 cm³/mol. The zero-order valence-electron chi connectivity index (χ0n) is 10.2. The summed E-state index contributed by atoms with van der Waals surface area (Å²) in [6.45, 7) is 5.09. The molecule has 0 aliphatic carbocycles. The minimum atomic E-state index is -0.260. The Bertz CT molecular complexity index is 542.